The van der Waals surface area contributed by atoms with Crippen LogP contribution in [0.5, 0.6) is 0 Å². The van der Waals surface area contributed by atoms with Gasteiger partial charge in [-0.15, -0.1) is 0 Å². The lowest BCUT2D eigenvalue weighted by atomic mass is 9.47. The van der Waals surface area contributed by atoms with Gasteiger partial charge in [-0.05, 0) is 69.8 Å². The van der Waals surface area contributed by atoms with Gasteiger partial charge in [0.15, 0.2) is 5.69 Å². The highest BCUT2D eigenvalue weighted by Crippen LogP contribution is 2.60. The van der Waals surface area contributed by atoms with Crippen molar-refractivity contribution in [1.82, 2.24) is 20.4 Å². The van der Waals surface area contributed by atoms with Gasteiger partial charge in [0, 0.05) is 24.6 Å². The molecule has 4 N–H and O–H groups in total. The summed E-state index contributed by atoms with van der Waals surface area (Å²) < 4.78 is 42.4. The SMILES string of the molecule is CC(=O)NC(C)(C)C=Cn1ncc(C(=O)NC2C3CC4CC2CC(C(N)=O)(C4)C3)c1C(F)(F)F. The number of alkyl halides is 3. The molecule has 8 nitrogen and oxygen atoms in total. The summed E-state index contributed by atoms with van der Waals surface area (Å²) in [4.78, 5) is 36.5. The number of hydrogen-bond donors (Lipinski definition) is 3. The van der Waals surface area contributed by atoms with Crippen molar-refractivity contribution in [3.63, 3.8) is 0 Å². The second-order valence-electron chi connectivity index (χ2n) is 10.7. The minimum Gasteiger partial charge on any atom is -0.369 e. The largest absolute Gasteiger partial charge is 0.434 e. The van der Waals surface area contributed by atoms with Crippen LogP contribution in [0.3, 0.4) is 0 Å². The van der Waals surface area contributed by atoms with Crippen molar-refractivity contribution in [1.29, 1.82) is 0 Å². The zero-order chi connectivity index (χ0) is 25.1. The molecule has 2 atom stereocenters. The molecule has 0 aromatic carbocycles. The summed E-state index contributed by atoms with van der Waals surface area (Å²) in [5.41, 5.74) is 2.48. The number of amides is 3. The standard InChI is InChI=1S/C23H30F3N5O3/c1-12(32)30-21(2,3)4-5-31-18(23(24,25)26)16(11-28-31)19(33)29-17-14-6-13-7-15(17)10-22(8-13,9-14)20(27)34/h4-5,11,13-15,17H,6-10H2,1-3H3,(H2,27,34)(H,29,33)(H,30,32). The Morgan fingerprint density at radius 2 is 1.79 bits per heavy atom. The summed E-state index contributed by atoms with van der Waals surface area (Å²) >= 11 is 0. The van der Waals surface area contributed by atoms with Crippen molar-refractivity contribution in [3.8, 4) is 0 Å². The van der Waals surface area contributed by atoms with Crippen LogP contribution in [0.4, 0.5) is 13.2 Å². The first kappa shape index (κ1) is 24.3. The number of nitrogens with one attached hydrogen (secondary N) is 2. The average Bonchev–Trinajstić information content (AvgIpc) is 3.12. The smallest absolute Gasteiger partial charge is 0.369 e. The highest BCUT2D eigenvalue weighted by atomic mass is 19.4. The van der Waals surface area contributed by atoms with Crippen LogP contribution in [-0.2, 0) is 15.8 Å². The Bertz CT molecular complexity index is 1030. The summed E-state index contributed by atoms with van der Waals surface area (Å²) in [6.45, 7) is 4.56. The van der Waals surface area contributed by atoms with E-state index in [1.807, 2.05) is 0 Å². The molecule has 1 aromatic heterocycles. The van der Waals surface area contributed by atoms with Crippen LogP contribution in [-0.4, -0.2) is 39.1 Å². The summed E-state index contributed by atoms with van der Waals surface area (Å²) in [7, 11) is 0. The molecule has 3 amide bonds. The minimum absolute atomic E-state index is 0.0189. The van der Waals surface area contributed by atoms with Crippen molar-refractivity contribution in [2.75, 3.05) is 0 Å². The summed E-state index contributed by atoms with van der Waals surface area (Å²) in [5, 5.41) is 9.22. The summed E-state index contributed by atoms with van der Waals surface area (Å²) in [6.07, 6.45) is 2.11. The highest BCUT2D eigenvalue weighted by Gasteiger charge is 2.58. The molecule has 1 aromatic rings. The van der Waals surface area contributed by atoms with E-state index in [9.17, 15) is 27.6 Å². The number of hydrogen-bond acceptors (Lipinski definition) is 4. The van der Waals surface area contributed by atoms with E-state index in [1.54, 1.807) is 13.8 Å². The van der Waals surface area contributed by atoms with Gasteiger partial charge in [-0.1, -0.05) is 0 Å². The number of carbonyl (C=O) groups is 3. The summed E-state index contributed by atoms with van der Waals surface area (Å²) in [5.74, 6) is -1.08. The molecule has 0 saturated heterocycles. The predicted octanol–water partition coefficient (Wildman–Crippen LogP) is 2.70. The maximum Gasteiger partial charge on any atom is 0.434 e. The van der Waals surface area contributed by atoms with Gasteiger partial charge < -0.3 is 16.4 Å². The highest BCUT2D eigenvalue weighted by molar-refractivity contribution is 5.95. The molecule has 4 bridgehead atoms. The Balaban J connectivity index is 1.56. The number of primary amides is 1. The quantitative estimate of drug-likeness (QED) is 0.579. The molecule has 0 radical (unpaired) electrons. The molecule has 5 rings (SSSR count). The number of rotatable bonds is 6. The molecule has 186 valence electrons. The van der Waals surface area contributed by atoms with Gasteiger partial charge in [0.2, 0.25) is 11.8 Å². The van der Waals surface area contributed by atoms with Gasteiger partial charge in [-0.2, -0.15) is 18.3 Å². The molecule has 4 aliphatic carbocycles. The first-order valence-corrected chi connectivity index (χ1v) is 11.4. The van der Waals surface area contributed by atoms with Crippen LogP contribution in [0.1, 0.15) is 68.9 Å². The van der Waals surface area contributed by atoms with Gasteiger partial charge in [0.1, 0.15) is 0 Å². The van der Waals surface area contributed by atoms with Crippen molar-refractivity contribution >= 4 is 23.9 Å². The van der Waals surface area contributed by atoms with E-state index in [0.29, 0.717) is 23.4 Å². The lowest BCUT2D eigenvalue weighted by Crippen LogP contribution is -2.62. The van der Waals surface area contributed by atoms with Gasteiger partial charge in [-0.25, -0.2) is 4.68 Å². The molecule has 34 heavy (non-hydrogen) atoms. The van der Waals surface area contributed by atoms with Crippen LogP contribution in [0.15, 0.2) is 12.3 Å². The van der Waals surface area contributed by atoms with Crippen LogP contribution in [0.2, 0.25) is 0 Å². The maximum atomic E-state index is 13.9. The molecule has 4 fully saturated rings. The second kappa shape index (κ2) is 8.13. The van der Waals surface area contributed by atoms with Crippen LogP contribution in [0, 0.1) is 23.2 Å². The van der Waals surface area contributed by atoms with E-state index in [0.717, 1.165) is 31.7 Å². The average molecular weight is 482 g/mol. The fraction of sp³-hybridized carbons (Fsp3) is 0.652. The van der Waals surface area contributed by atoms with E-state index in [1.165, 1.54) is 13.0 Å². The lowest BCUT2D eigenvalue weighted by molar-refractivity contribution is -0.145. The molecule has 0 aliphatic heterocycles. The van der Waals surface area contributed by atoms with E-state index in [2.05, 4.69) is 15.7 Å². The van der Waals surface area contributed by atoms with Gasteiger partial charge in [0.25, 0.3) is 5.91 Å². The van der Waals surface area contributed by atoms with Crippen molar-refractivity contribution in [2.45, 2.75) is 70.6 Å². The second-order valence-corrected chi connectivity index (χ2v) is 10.7. The Hall–Kier alpha value is -2.85. The Labute approximate surface area is 195 Å². The molecular weight excluding hydrogens is 451 g/mol. The van der Waals surface area contributed by atoms with Crippen molar-refractivity contribution in [2.24, 2.45) is 28.9 Å². The molecule has 1 heterocycles. The topological polar surface area (TPSA) is 119 Å². The van der Waals surface area contributed by atoms with Crippen LogP contribution >= 0.6 is 0 Å². The van der Waals surface area contributed by atoms with E-state index < -0.39 is 34.3 Å². The predicted molar refractivity (Wildman–Crippen MR) is 117 cm³/mol. The minimum atomic E-state index is -4.83. The first-order valence-electron chi connectivity index (χ1n) is 11.4. The van der Waals surface area contributed by atoms with E-state index >= 15 is 0 Å². The number of carbonyl (C=O) groups excluding carboxylic acids is 3. The Kier molecular flexibility index (Phi) is 5.80. The molecule has 2 unspecified atom stereocenters. The first-order chi connectivity index (χ1) is 15.7. The molecule has 0 spiro atoms. The van der Waals surface area contributed by atoms with Crippen LogP contribution < -0.4 is 16.4 Å². The van der Waals surface area contributed by atoms with Crippen molar-refractivity contribution in [3.05, 3.63) is 23.5 Å². The number of nitrogens with two attached hydrogens (primary N) is 1. The fourth-order valence-corrected chi connectivity index (χ4v) is 6.47. The van der Waals surface area contributed by atoms with Gasteiger partial charge in [0.05, 0.1) is 17.3 Å². The van der Waals surface area contributed by atoms with Crippen molar-refractivity contribution < 1.29 is 27.6 Å². The number of halogens is 3. The molecular formula is C23H30F3N5O3. The number of aromatic nitrogens is 2. The Morgan fingerprint density at radius 1 is 1.18 bits per heavy atom. The van der Waals surface area contributed by atoms with E-state index in [-0.39, 0.29) is 29.7 Å². The molecule has 4 aliphatic rings. The zero-order valence-electron chi connectivity index (χ0n) is 19.4. The fourth-order valence-electron chi connectivity index (χ4n) is 6.47. The normalized spacial score (nSPS) is 30.5. The third-order valence-corrected chi connectivity index (χ3v) is 7.53. The lowest BCUT2D eigenvalue weighted by Gasteiger charge is -2.58. The summed E-state index contributed by atoms with van der Waals surface area (Å²) in [6, 6.07) is -0.296. The third kappa shape index (κ3) is 4.44. The third-order valence-electron chi connectivity index (χ3n) is 7.53. The van der Waals surface area contributed by atoms with Crippen LogP contribution in [0.25, 0.3) is 6.20 Å². The number of nitrogens with zero attached hydrogens (tertiary/aromatic N) is 2. The van der Waals surface area contributed by atoms with Gasteiger partial charge in [-0.3, -0.25) is 14.4 Å². The van der Waals surface area contributed by atoms with E-state index in [4.69, 9.17) is 5.73 Å². The molecule has 4 saturated carbocycles. The monoisotopic (exact) mass is 481 g/mol. The molecule has 11 heteroatoms. The zero-order valence-corrected chi connectivity index (χ0v) is 19.4. The maximum absolute atomic E-state index is 13.9. The van der Waals surface area contributed by atoms with Gasteiger partial charge >= 0.3 is 6.18 Å². The Morgan fingerprint density at radius 3 is 2.32 bits per heavy atom.